The number of carbonyl (C=O) groups is 2. The van der Waals surface area contributed by atoms with Gasteiger partial charge in [0.25, 0.3) is 5.91 Å². The highest BCUT2D eigenvalue weighted by molar-refractivity contribution is 9.10. The lowest BCUT2D eigenvalue weighted by atomic mass is 10.1. The molecule has 1 heterocycles. The number of benzene rings is 1. The fourth-order valence-corrected chi connectivity index (χ4v) is 2.42. The van der Waals surface area contributed by atoms with Crippen molar-refractivity contribution >= 4 is 27.7 Å². The first kappa shape index (κ1) is 17.1. The van der Waals surface area contributed by atoms with Gasteiger partial charge in [-0.1, -0.05) is 34.1 Å². The molecule has 2 amide bonds. The molecule has 1 aromatic carbocycles. The monoisotopic (exact) mass is 375 g/mol. The van der Waals surface area contributed by atoms with Crippen molar-refractivity contribution in [1.29, 1.82) is 0 Å². The first-order valence-corrected chi connectivity index (χ1v) is 8.14. The van der Waals surface area contributed by atoms with Gasteiger partial charge >= 0.3 is 0 Å². The highest BCUT2D eigenvalue weighted by atomic mass is 79.9. The predicted octanol–water partition coefficient (Wildman–Crippen LogP) is 2.32. The molecule has 0 saturated heterocycles. The van der Waals surface area contributed by atoms with E-state index in [1.165, 1.54) is 6.20 Å². The molecule has 0 aliphatic rings. The molecule has 23 heavy (non-hydrogen) atoms. The molecule has 2 rings (SSSR count). The number of rotatable bonds is 7. The van der Waals surface area contributed by atoms with E-state index in [1.807, 2.05) is 24.3 Å². The number of nitrogens with zero attached hydrogens (tertiary/aromatic N) is 1. The lowest BCUT2D eigenvalue weighted by molar-refractivity contribution is -0.120. The second-order valence-electron chi connectivity index (χ2n) is 4.97. The van der Waals surface area contributed by atoms with E-state index in [0.29, 0.717) is 31.5 Å². The third kappa shape index (κ3) is 5.83. The summed E-state index contributed by atoms with van der Waals surface area (Å²) in [6, 6.07) is 11.1. The van der Waals surface area contributed by atoms with Gasteiger partial charge in [-0.15, -0.1) is 0 Å². The van der Waals surface area contributed by atoms with Gasteiger partial charge in [-0.25, -0.2) is 0 Å². The van der Waals surface area contributed by atoms with Crippen LogP contribution in [0.3, 0.4) is 0 Å². The highest BCUT2D eigenvalue weighted by Crippen LogP contribution is 2.16. The van der Waals surface area contributed by atoms with Gasteiger partial charge in [0, 0.05) is 30.0 Å². The Hall–Kier alpha value is -2.21. The Balaban J connectivity index is 1.63. The Bertz CT molecular complexity index is 662. The molecule has 0 aliphatic carbocycles. The summed E-state index contributed by atoms with van der Waals surface area (Å²) in [6.45, 7) is 1.03. The minimum Gasteiger partial charge on any atom is -0.356 e. The third-order valence-electron chi connectivity index (χ3n) is 3.19. The second-order valence-corrected chi connectivity index (χ2v) is 5.82. The SMILES string of the molecule is O=C(Cc1ccccc1Br)NCCCNC(=O)c1cccnc1. The van der Waals surface area contributed by atoms with Crippen molar-refractivity contribution in [1.82, 2.24) is 15.6 Å². The lowest BCUT2D eigenvalue weighted by Crippen LogP contribution is -2.30. The molecular formula is C17H18BrN3O2. The van der Waals surface area contributed by atoms with Crippen LogP contribution in [-0.4, -0.2) is 29.9 Å². The van der Waals surface area contributed by atoms with Crippen LogP contribution in [0.25, 0.3) is 0 Å². The van der Waals surface area contributed by atoms with Crippen LogP contribution in [0.2, 0.25) is 0 Å². The Kier molecular flexibility index (Phi) is 6.75. The second kappa shape index (κ2) is 9.05. The number of amides is 2. The Morgan fingerprint density at radius 2 is 1.83 bits per heavy atom. The van der Waals surface area contributed by atoms with Crippen LogP contribution in [-0.2, 0) is 11.2 Å². The van der Waals surface area contributed by atoms with Crippen molar-refractivity contribution in [3.8, 4) is 0 Å². The maximum atomic E-state index is 11.9. The van der Waals surface area contributed by atoms with Crippen LogP contribution in [0.1, 0.15) is 22.3 Å². The minimum atomic E-state index is -0.155. The van der Waals surface area contributed by atoms with Gasteiger partial charge in [0.15, 0.2) is 0 Å². The van der Waals surface area contributed by atoms with Crippen molar-refractivity contribution in [2.45, 2.75) is 12.8 Å². The van der Waals surface area contributed by atoms with E-state index in [9.17, 15) is 9.59 Å². The summed E-state index contributed by atoms with van der Waals surface area (Å²) in [4.78, 5) is 27.5. The number of pyridine rings is 1. The van der Waals surface area contributed by atoms with Crippen molar-refractivity contribution in [3.63, 3.8) is 0 Å². The summed E-state index contributed by atoms with van der Waals surface area (Å²) in [6.07, 6.45) is 4.16. The molecule has 5 nitrogen and oxygen atoms in total. The molecule has 0 bridgehead atoms. The van der Waals surface area contributed by atoms with Crippen LogP contribution in [0.15, 0.2) is 53.3 Å². The largest absolute Gasteiger partial charge is 0.356 e. The fourth-order valence-electron chi connectivity index (χ4n) is 1.99. The zero-order valence-corrected chi connectivity index (χ0v) is 14.2. The molecule has 0 saturated carbocycles. The third-order valence-corrected chi connectivity index (χ3v) is 3.97. The topological polar surface area (TPSA) is 71.1 Å². The van der Waals surface area contributed by atoms with Crippen LogP contribution >= 0.6 is 15.9 Å². The van der Waals surface area contributed by atoms with Gasteiger partial charge in [-0.2, -0.15) is 0 Å². The lowest BCUT2D eigenvalue weighted by Gasteiger charge is -2.08. The summed E-state index contributed by atoms with van der Waals surface area (Å²) in [5, 5.41) is 5.64. The molecule has 0 fully saturated rings. The Morgan fingerprint density at radius 1 is 1.04 bits per heavy atom. The van der Waals surface area contributed by atoms with Crippen LogP contribution in [0.4, 0.5) is 0 Å². The molecule has 0 aliphatic heterocycles. The number of halogens is 1. The first-order valence-electron chi connectivity index (χ1n) is 7.35. The standard InChI is InChI=1S/C17H18BrN3O2/c18-15-7-2-1-5-13(15)11-16(22)20-9-4-10-21-17(23)14-6-3-8-19-12-14/h1-3,5-8,12H,4,9-11H2,(H,20,22)(H,21,23). The molecule has 120 valence electrons. The van der Waals surface area contributed by atoms with E-state index in [2.05, 4.69) is 31.5 Å². The molecule has 6 heteroatoms. The van der Waals surface area contributed by atoms with E-state index in [0.717, 1.165) is 10.0 Å². The van der Waals surface area contributed by atoms with E-state index in [-0.39, 0.29) is 11.8 Å². The van der Waals surface area contributed by atoms with Crippen LogP contribution in [0.5, 0.6) is 0 Å². The van der Waals surface area contributed by atoms with Crippen molar-refractivity contribution in [2.75, 3.05) is 13.1 Å². The normalized spacial score (nSPS) is 10.1. The molecule has 2 aromatic rings. The smallest absolute Gasteiger partial charge is 0.252 e. The van der Waals surface area contributed by atoms with E-state index >= 15 is 0 Å². The van der Waals surface area contributed by atoms with Gasteiger partial charge in [0.2, 0.25) is 5.91 Å². The molecule has 2 N–H and O–H groups in total. The summed E-state index contributed by atoms with van der Waals surface area (Å²) in [7, 11) is 0. The van der Waals surface area contributed by atoms with Crippen molar-refractivity contribution in [3.05, 3.63) is 64.4 Å². The summed E-state index contributed by atoms with van der Waals surface area (Å²) in [5.41, 5.74) is 1.49. The van der Waals surface area contributed by atoms with E-state index in [4.69, 9.17) is 0 Å². The summed E-state index contributed by atoms with van der Waals surface area (Å²) >= 11 is 3.42. The maximum Gasteiger partial charge on any atom is 0.252 e. The van der Waals surface area contributed by atoms with Crippen molar-refractivity contribution < 1.29 is 9.59 Å². The maximum absolute atomic E-state index is 11.9. The minimum absolute atomic E-state index is 0.0320. The number of hydrogen-bond donors (Lipinski definition) is 2. The summed E-state index contributed by atoms with van der Waals surface area (Å²) in [5.74, 6) is -0.187. The molecular weight excluding hydrogens is 358 g/mol. The number of aromatic nitrogens is 1. The average Bonchev–Trinajstić information content (AvgIpc) is 2.57. The highest BCUT2D eigenvalue weighted by Gasteiger charge is 2.06. The quantitative estimate of drug-likeness (QED) is 0.729. The van der Waals surface area contributed by atoms with E-state index < -0.39 is 0 Å². The molecule has 1 aromatic heterocycles. The molecule has 0 radical (unpaired) electrons. The van der Waals surface area contributed by atoms with Crippen molar-refractivity contribution in [2.24, 2.45) is 0 Å². The van der Waals surface area contributed by atoms with Gasteiger partial charge < -0.3 is 10.6 Å². The number of hydrogen-bond acceptors (Lipinski definition) is 3. The van der Waals surface area contributed by atoms with Crippen LogP contribution < -0.4 is 10.6 Å². The fraction of sp³-hybridized carbons (Fsp3) is 0.235. The molecule has 0 unspecified atom stereocenters. The van der Waals surface area contributed by atoms with Gasteiger partial charge in [-0.05, 0) is 30.2 Å². The van der Waals surface area contributed by atoms with Gasteiger partial charge in [-0.3, -0.25) is 14.6 Å². The number of nitrogens with one attached hydrogen (secondary N) is 2. The van der Waals surface area contributed by atoms with Gasteiger partial charge in [0.1, 0.15) is 0 Å². The Labute approximate surface area is 143 Å². The predicted molar refractivity (Wildman–Crippen MR) is 92.0 cm³/mol. The first-order chi connectivity index (χ1) is 11.2. The molecule has 0 spiro atoms. The molecule has 0 atom stereocenters. The van der Waals surface area contributed by atoms with E-state index in [1.54, 1.807) is 18.3 Å². The summed E-state index contributed by atoms with van der Waals surface area (Å²) < 4.78 is 0.930. The Morgan fingerprint density at radius 3 is 2.57 bits per heavy atom. The van der Waals surface area contributed by atoms with Crippen LogP contribution in [0, 0.1) is 0 Å². The zero-order valence-electron chi connectivity index (χ0n) is 12.6. The zero-order chi connectivity index (χ0) is 16.5. The average molecular weight is 376 g/mol. The number of carbonyl (C=O) groups excluding carboxylic acids is 2. The van der Waals surface area contributed by atoms with Gasteiger partial charge in [0.05, 0.1) is 12.0 Å².